The summed E-state index contributed by atoms with van der Waals surface area (Å²) in [5.41, 5.74) is 4.39. The highest BCUT2D eigenvalue weighted by molar-refractivity contribution is 5.95. The van der Waals surface area contributed by atoms with Crippen molar-refractivity contribution in [3.05, 3.63) is 72.1 Å². The highest BCUT2D eigenvalue weighted by Crippen LogP contribution is 2.22. The summed E-state index contributed by atoms with van der Waals surface area (Å²) < 4.78 is 0. The first-order valence-electron chi connectivity index (χ1n) is 9.45. The van der Waals surface area contributed by atoms with E-state index in [1.54, 1.807) is 6.33 Å². The minimum atomic E-state index is -0.221. The van der Waals surface area contributed by atoms with Crippen LogP contribution in [0.2, 0.25) is 0 Å². The fraction of sp³-hybridized carbons (Fsp3) is 0.261. The van der Waals surface area contributed by atoms with Crippen LogP contribution in [0.15, 0.2) is 60.9 Å². The first kappa shape index (κ1) is 19.5. The third-order valence-corrected chi connectivity index (χ3v) is 4.77. The molecule has 1 amide bonds. The number of nitrogens with zero attached hydrogens (tertiary/aromatic N) is 2. The van der Waals surface area contributed by atoms with E-state index in [0.717, 1.165) is 23.4 Å². The van der Waals surface area contributed by atoms with Crippen molar-refractivity contribution in [3.8, 4) is 11.3 Å². The van der Waals surface area contributed by atoms with Gasteiger partial charge >= 0.3 is 0 Å². The van der Waals surface area contributed by atoms with Crippen molar-refractivity contribution in [2.45, 2.75) is 39.7 Å². The van der Waals surface area contributed by atoms with Crippen LogP contribution in [0.4, 0.5) is 11.5 Å². The van der Waals surface area contributed by atoms with Gasteiger partial charge in [-0.1, -0.05) is 36.8 Å². The number of hydrogen-bond acceptors (Lipinski definition) is 4. The lowest BCUT2D eigenvalue weighted by molar-refractivity contribution is 0.0911. The zero-order chi connectivity index (χ0) is 20.1. The van der Waals surface area contributed by atoms with Crippen LogP contribution in [0, 0.1) is 6.92 Å². The largest absolute Gasteiger partial charge is 0.347 e. The maximum absolute atomic E-state index is 12.4. The average molecular weight is 374 g/mol. The molecule has 3 rings (SSSR count). The Hall–Kier alpha value is -3.21. The monoisotopic (exact) mass is 374 g/mol. The molecule has 0 saturated heterocycles. The van der Waals surface area contributed by atoms with E-state index < -0.39 is 0 Å². The Morgan fingerprint density at radius 2 is 1.68 bits per heavy atom. The van der Waals surface area contributed by atoms with E-state index in [2.05, 4.69) is 46.6 Å². The summed E-state index contributed by atoms with van der Waals surface area (Å²) in [7, 11) is 0. The molecule has 0 aliphatic heterocycles. The van der Waals surface area contributed by atoms with Crippen molar-refractivity contribution in [1.29, 1.82) is 0 Å². The summed E-state index contributed by atoms with van der Waals surface area (Å²) in [5, 5.41) is 6.31. The Morgan fingerprint density at radius 1 is 1.00 bits per heavy atom. The number of aryl methyl sites for hydroxylation is 1. The Morgan fingerprint density at radius 3 is 2.32 bits per heavy atom. The van der Waals surface area contributed by atoms with E-state index in [4.69, 9.17) is 0 Å². The fourth-order valence-electron chi connectivity index (χ4n) is 2.63. The molecule has 0 bridgehead atoms. The Labute approximate surface area is 166 Å². The SMILES string of the molecule is CCC(C)(C)NC(=O)c1ccc(Nc2cc(-c3ccc(C)cc3)ncn2)cc1. The van der Waals surface area contributed by atoms with E-state index in [0.29, 0.717) is 11.4 Å². The molecule has 0 unspecified atom stereocenters. The van der Waals surface area contributed by atoms with Crippen LogP contribution in [0.5, 0.6) is 0 Å². The van der Waals surface area contributed by atoms with Crippen molar-refractivity contribution < 1.29 is 4.79 Å². The second-order valence-corrected chi connectivity index (χ2v) is 7.55. The van der Waals surface area contributed by atoms with Crippen LogP contribution in [0.25, 0.3) is 11.3 Å². The highest BCUT2D eigenvalue weighted by atomic mass is 16.1. The number of benzene rings is 2. The number of rotatable bonds is 6. The van der Waals surface area contributed by atoms with Gasteiger partial charge in [-0.15, -0.1) is 0 Å². The van der Waals surface area contributed by atoms with Gasteiger partial charge in [0.2, 0.25) is 0 Å². The summed E-state index contributed by atoms with van der Waals surface area (Å²) in [4.78, 5) is 21.0. The number of amides is 1. The molecular formula is C23H26N4O. The molecule has 0 fully saturated rings. The zero-order valence-electron chi connectivity index (χ0n) is 16.8. The maximum Gasteiger partial charge on any atom is 0.251 e. The second-order valence-electron chi connectivity index (χ2n) is 7.55. The molecule has 0 radical (unpaired) electrons. The van der Waals surface area contributed by atoms with Gasteiger partial charge in [0.15, 0.2) is 0 Å². The summed E-state index contributed by atoms with van der Waals surface area (Å²) in [5.74, 6) is 0.636. The van der Waals surface area contributed by atoms with Crippen LogP contribution in [-0.4, -0.2) is 21.4 Å². The molecule has 2 aromatic carbocycles. The molecule has 0 spiro atoms. The van der Waals surface area contributed by atoms with Gasteiger partial charge in [-0.3, -0.25) is 4.79 Å². The van der Waals surface area contributed by atoms with Gasteiger partial charge in [-0.25, -0.2) is 9.97 Å². The van der Waals surface area contributed by atoms with Gasteiger partial charge in [0, 0.05) is 28.4 Å². The fourth-order valence-corrected chi connectivity index (χ4v) is 2.63. The lowest BCUT2D eigenvalue weighted by Gasteiger charge is -2.24. The molecule has 0 aliphatic rings. The minimum Gasteiger partial charge on any atom is -0.347 e. The Bertz CT molecular complexity index is 947. The van der Waals surface area contributed by atoms with Crippen molar-refractivity contribution in [3.63, 3.8) is 0 Å². The number of carbonyl (C=O) groups excluding carboxylic acids is 1. The second kappa shape index (κ2) is 8.21. The van der Waals surface area contributed by atoms with Crippen LogP contribution in [0.1, 0.15) is 43.1 Å². The van der Waals surface area contributed by atoms with E-state index in [1.807, 2.05) is 56.3 Å². The van der Waals surface area contributed by atoms with Gasteiger partial charge in [0.1, 0.15) is 12.1 Å². The lowest BCUT2D eigenvalue weighted by Crippen LogP contribution is -2.42. The van der Waals surface area contributed by atoms with Gasteiger partial charge in [0.05, 0.1) is 5.69 Å². The lowest BCUT2D eigenvalue weighted by atomic mass is 10.0. The minimum absolute atomic E-state index is 0.0675. The number of aromatic nitrogens is 2. The standard InChI is InChI=1S/C23H26N4O/c1-5-23(3,4)27-22(28)18-10-12-19(13-11-18)26-21-14-20(24-15-25-21)17-8-6-16(2)7-9-17/h6-15H,5H2,1-4H3,(H,27,28)(H,24,25,26). The zero-order valence-corrected chi connectivity index (χ0v) is 16.8. The molecule has 5 heteroatoms. The molecule has 0 saturated carbocycles. The van der Waals surface area contributed by atoms with Crippen molar-refractivity contribution in [2.75, 3.05) is 5.32 Å². The smallest absolute Gasteiger partial charge is 0.251 e. The Kier molecular flexibility index (Phi) is 5.73. The number of carbonyl (C=O) groups is 1. The first-order valence-corrected chi connectivity index (χ1v) is 9.45. The Balaban J connectivity index is 1.71. The van der Waals surface area contributed by atoms with E-state index in [9.17, 15) is 4.79 Å². The molecule has 0 atom stereocenters. The van der Waals surface area contributed by atoms with Crippen molar-refractivity contribution in [2.24, 2.45) is 0 Å². The van der Waals surface area contributed by atoms with Crippen molar-refractivity contribution in [1.82, 2.24) is 15.3 Å². The molecular weight excluding hydrogens is 348 g/mol. The highest BCUT2D eigenvalue weighted by Gasteiger charge is 2.18. The third kappa shape index (κ3) is 4.94. The molecule has 28 heavy (non-hydrogen) atoms. The van der Waals surface area contributed by atoms with Crippen LogP contribution in [-0.2, 0) is 0 Å². The van der Waals surface area contributed by atoms with Crippen LogP contribution < -0.4 is 10.6 Å². The molecule has 0 aliphatic carbocycles. The predicted octanol–water partition coefficient (Wildman–Crippen LogP) is 5.11. The first-order chi connectivity index (χ1) is 13.4. The normalized spacial score (nSPS) is 11.1. The van der Waals surface area contributed by atoms with Crippen LogP contribution in [0.3, 0.4) is 0 Å². The summed E-state index contributed by atoms with van der Waals surface area (Å²) >= 11 is 0. The topological polar surface area (TPSA) is 66.9 Å². The predicted molar refractivity (Wildman–Crippen MR) is 114 cm³/mol. The van der Waals surface area contributed by atoms with Crippen molar-refractivity contribution >= 4 is 17.4 Å². The number of anilines is 2. The molecule has 1 heterocycles. The molecule has 1 aromatic heterocycles. The molecule has 5 nitrogen and oxygen atoms in total. The third-order valence-electron chi connectivity index (χ3n) is 4.77. The van der Waals surface area contributed by atoms with Gasteiger partial charge < -0.3 is 10.6 Å². The summed E-state index contributed by atoms with van der Waals surface area (Å²) in [6.07, 6.45) is 2.42. The summed E-state index contributed by atoms with van der Waals surface area (Å²) in [6.45, 7) is 8.15. The van der Waals surface area contributed by atoms with E-state index in [1.165, 1.54) is 5.56 Å². The van der Waals surface area contributed by atoms with Gasteiger partial charge in [0.25, 0.3) is 5.91 Å². The molecule has 2 N–H and O–H groups in total. The number of nitrogens with one attached hydrogen (secondary N) is 2. The molecule has 144 valence electrons. The summed E-state index contributed by atoms with van der Waals surface area (Å²) in [6, 6.07) is 17.5. The maximum atomic E-state index is 12.4. The van der Waals surface area contributed by atoms with E-state index >= 15 is 0 Å². The van der Waals surface area contributed by atoms with Gasteiger partial charge in [-0.05, 0) is 51.5 Å². The quantitative estimate of drug-likeness (QED) is 0.629. The molecule has 3 aromatic rings. The van der Waals surface area contributed by atoms with Crippen LogP contribution >= 0.6 is 0 Å². The number of hydrogen-bond donors (Lipinski definition) is 2. The van der Waals surface area contributed by atoms with E-state index in [-0.39, 0.29) is 11.4 Å². The average Bonchev–Trinajstić information content (AvgIpc) is 2.69. The van der Waals surface area contributed by atoms with Gasteiger partial charge in [-0.2, -0.15) is 0 Å².